The number of alkyl carbamates (subject to hydrolysis) is 2. The molecule has 13 nitrogen and oxygen atoms in total. The third-order valence-corrected chi connectivity index (χ3v) is 5.54. The highest BCUT2D eigenvalue weighted by Crippen LogP contribution is 2.22. The van der Waals surface area contributed by atoms with Crippen LogP contribution in [0, 0.1) is 0 Å². The number of carbonyl (C=O) groups is 6. The van der Waals surface area contributed by atoms with Crippen LogP contribution in [-0.4, -0.2) is 99.5 Å². The molecule has 4 N–H and O–H groups in total. The number of nitrogens with zero attached hydrogens (tertiary/aromatic N) is 1. The van der Waals surface area contributed by atoms with Crippen LogP contribution < -0.4 is 21.3 Å². The average Bonchev–Trinajstić information content (AvgIpc) is 3.10. The summed E-state index contributed by atoms with van der Waals surface area (Å²) in [5.74, 6) is -1.61. The van der Waals surface area contributed by atoms with Crippen LogP contribution in [-0.2, 0) is 28.7 Å². The van der Waals surface area contributed by atoms with Gasteiger partial charge in [-0.2, -0.15) is 0 Å². The van der Waals surface area contributed by atoms with Crippen molar-refractivity contribution in [2.75, 3.05) is 40.4 Å². The summed E-state index contributed by atoms with van der Waals surface area (Å²) in [7, 11) is 7.81. The lowest BCUT2D eigenvalue weighted by atomic mass is 10.1. The van der Waals surface area contributed by atoms with Crippen molar-refractivity contribution in [2.45, 2.75) is 43.4 Å². The molecule has 1 fully saturated rings. The quantitative estimate of drug-likeness (QED) is 0.130. The summed E-state index contributed by atoms with van der Waals surface area (Å²) in [5.41, 5.74) is 0. The largest absolute Gasteiger partial charge is 0.453 e. The van der Waals surface area contributed by atoms with E-state index in [1.807, 2.05) is 0 Å². The Morgan fingerprint density at radius 3 is 2.32 bits per heavy atom. The van der Waals surface area contributed by atoms with E-state index in [-0.39, 0.29) is 44.3 Å². The Balaban J connectivity index is 2.33. The molecule has 1 aliphatic rings. The molecule has 2 atom stereocenters. The molecule has 0 bridgehead atoms. The third-order valence-electron chi connectivity index (χ3n) is 4.84. The van der Waals surface area contributed by atoms with Gasteiger partial charge in [-0.25, -0.2) is 21.2 Å². The van der Waals surface area contributed by atoms with Crippen molar-refractivity contribution < 1.29 is 38.2 Å². The number of imide groups is 1. The van der Waals surface area contributed by atoms with Gasteiger partial charge < -0.3 is 30.7 Å². The summed E-state index contributed by atoms with van der Waals surface area (Å²) in [6.45, 7) is 0.525. The lowest BCUT2D eigenvalue weighted by molar-refractivity contribution is -0.138. The number of hydrogen-bond donors (Lipinski definition) is 4. The second-order valence-corrected chi connectivity index (χ2v) is 8.05. The van der Waals surface area contributed by atoms with E-state index < -0.39 is 35.3 Å². The maximum Gasteiger partial charge on any atom is 0.407 e. The van der Waals surface area contributed by atoms with E-state index in [9.17, 15) is 28.8 Å². The molecule has 188 valence electrons. The van der Waals surface area contributed by atoms with E-state index in [1.54, 1.807) is 0 Å². The van der Waals surface area contributed by atoms with E-state index in [2.05, 4.69) is 30.7 Å². The minimum Gasteiger partial charge on any atom is -0.453 e. The Morgan fingerprint density at radius 1 is 1.03 bits per heavy atom. The Bertz CT molecular complexity index is 756. The molecular weight excluding hydrogens is 469 g/mol. The van der Waals surface area contributed by atoms with Gasteiger partial charge in [0.15, 0.2) is 7.12 Å². The molecule has 0 aromatic carbocycles. The highest BCUT2D eigenvalue weighted by molar-refractivity contribution is 8.20. The van der Waals surface area contributed by atoms with Crippen molar-refractivity contribution in [3.05, 3.63) is 0 Å². The van der Waals surface area contributed by atoms with Crippen LogP contribution in [0.4, 0.5) is 9.59 Å². The van der Waals surface area contributed by atoms with Crippen LogP contribution in [0.1, 0.15) is 32.1 Å². The Labute approximate surface area is 203 Å². The molecule has 0 aromatic rings. The van der Waals surface area contributed by atoms with Gasteiger partial charge in [-0.05, 0) is 19.3 Å². The van der Waals surface area contributed by atoms with Crippen LogP contribution in [0.25, 0.3) is 0 Å². The topological polar surface area (TPSA) is 172 Å². The van der Waals surface area contributed by atoms with Crippen molar-refractivity contribution in [3.8, 4) is 0 Å². The average molecular weight is 499 g/mol. The zero-order chi connectivity index (χ0) is 25.5. The third kappa shape index (κ3) is 10.3. The highest BCUT2D eigenvalue weighted by atomic mass is 32.2. The van der Waals surface area contributed by atoms with Crippen LogP contribution >= 0.6 is 11.6 Å². The van der Waals surface area contributed by atoms with Crippen LogP contribution in [0.3, 0.4) is 0 Å². The van der Waals surface area contributed by atoms with Crippen molar-refractivity contribution in [3.63, 3.8) is 0 Å². The fraction of sp³-hybridized carbons (Fsp3) is 0.684. The summed E-state index contributed by atoms with van der Waals surface area (Å²) in [5, 5.41) is 9.55. The number of nitrogens with one attached hydrogen (secondary N) is 4. The standard InChI is InChI=1S/C19H30BN5O8S/c1-32-18(30)23-7-4-3-5-12(24-19(31)33-2)16(28)22-9-8-21-14(26)6-10-25-15(27)11-13(34-20)17(25)29/h12-13H,3-11H2,1-2H3,(H,21,26)(H,22,28)(H,23,30)(H,24,31). The minimum atomic E-state index is -0.859. The molecule has 0 aliphatic carbocycles. The normalized spacial score (nSPS) is 15.9. The van der Waals surface area contributed by atoms with Gasteiger partial charge in [0.2, 0.25) is 23.6 Å². The Morgan fingerprint density at radius 2 is 1.71 bits per heavy atom. The smallest absolute Gasteiger partial charge is 0.407 e. The van der Waals surface area contributed by atoms with Gasteiger partial charge in [0, 0.05) is 39.0 Å². The zero-order valence-corrected chi connectivity index (χ0v) is 20.0. The second kappa shape index (κ2) is 15.8. The molecule has 6 amide bonds. The first-order valence-electron chi connectivity index (χ1n) is 10.6. The second-order valence-electron chi connectivity index (χ2n) is 7.21. The van der Waals surface area contributed by atoms with Crippen molar-refractivity contribution in [1.29, 1.82) is 0 Å². The molecule has 2 unspecified atom stereocenters. The molecule has 1 aliphatic heterocycles. The molecule has 1 heterocycles. The van der Waals surface area contributed by atoms with Gasteiger partial charge >= 0.3 is 12.2 Å². The van der Waals surface area contributed by atoms with Gasteiger partial charge in [0.05, 0.1) is 19.5 Å². The number of hydrogen-bond acceptors (Lipinski definition) is 9. The number of carbonyl (C=O) groups excluding carboxylic acids is 6. The molecule has 34 heavy (non-hydrogen) atoms. The molecule has 1 rings (SSSR count). The lowest BCUT2D eigenvalue weighted by Gasteiger charge is -2.18. The first-order valence-corrected chi connectivity index (χ1v) is 11.6. The number of amides is 6. The SMILES string of the molecule is [B]SC1CC(=O)N(CCC(=O)NCCNC(=O)C(CCCCNC(=O)OC)NC(=O)OC)C1=O. The molecule has 1 saturated heterocycles. The maximum absolute atomic E-state index is 12.4. The van der Waals surface area contributed by atoms with Gasteiger partial charge in [-0.15, -0.1) is 0 Å². The van der Waals surface area contributed by atoms with E-state index in [0.29, 0.717) is 25.8 Å². The molecule has 0 saturated carbocycles. The van der Waals surface area contributed by atoms with E-state index >= 15 is 0 Å². The Hall–Kier alpha value is -2.97. The van der Waals surface area contributed by atoms with Gasteiger partial charge in [-0.1, -0.05) is 0 Å². The highest BCUT2D eigenvalue weighted by Gasteiger charge is 2.37. The number of rotatable bonds is 14. The summed E-state index contributed by atoms with van der Waals surface area (Å²) in [6, 6.07) is -0.859. The summed E-state index contributed by atoms with van der Waals surface area (Å²) >= 11 is 0.810. The van der Waals surface area contributed by atoms with Crippen molar-refractivity contribution in [1.82, 2.24) is 26.2 Å². The number of likely N-dealkylation sites (tertiary alicyclic amines) is 1. The predicted octanol–water partition coefficient (Wildman–Crippen LogP) is -1.20. The Kier molecular flexibility index (Phi) is 13.5. The number of ether oxygens (including phenoxy) is 2. The molecule has 15 heteroatoms. The fourth-order valence-corrected chi connectivity index (χ4v) is 3.50. The predicted molar refractivity (Wildman–Crippen MR) is 123 cm³/mol. The first-order chi connectivity index (χ1) is 16.2. The molecular formula is C19H30BN5O8S. The van der Waals surface area contributed by atoms with E-state index in [4.69, 9.17) is 7.12 Å². The number of unbranched alkanes of at least 4 members (excludes halogenated alkanes) is 1. The molecule has 2 radical (unpaired) electrons. The van der Waals surface area contributed by atoms with E-state index in [1.165, 1.54) is 14.2 Å². The lowest BCUT2D eigenvalue weighted by Crippen LogP contribution is -2.48. The zero-order valence-electron chi connectivity index (χ0n) is 19.2. The summed E-state index contributed by atoms with van der Waals surface area (Å²) < 4.78 is 9.00. The van der Waals surface area contributed by atoms with Gasteiger partial charge in [0.25, 0.3) is 0 Å². The van der Waals surface area contributed by atoms with Crippen LogP contribution in [0.15, 0.2) is 0 Å². The minimum absolute atomic E-state index is 0.0240. The summed E-state index contributed by atoms with van der Waals surface area (Å²) in [6.07, 6.45) is 0.0280. The maximum atomic E-state index is 12.4. The molecule has 0 aromatic heterocycles. The van der Waals surface area contributed by atoms with Crippen molar-refractivity contribution in [2.24, 2.45) is 0 Å². The van der Waals surface area contributed by atoms with E-state index in [0.717, 1.165) is 16.5 Å². The van der Waals surface area contributed by atoms with Crippen molar-refractivity contribution >= 4 is 54.6 Å². The number of methoxy groups -OCH3 is 2. The fourth-order valence-electron chi connectivity index (χ4n) is 3.01. The summed E-state index contributed by atoms with van der Waals surface area (Å²) in [4.78, 5) is 71.8. The van der Waals surface area contributed by atoms with Crippen LogP contribution in [0.5, 0.6) is 0 Å². The molecule has 0 spiro atoms. The van der Waals surface area contributed by atoms with Crippen LogP contribution in [0.2, 0.25) is 0 Å². The van der Waals surface area contributed by atoms with Gasteiger partial charge in [-0.3, -0.25) is 24.1 Å². The van der Waals surface area contributed by atoms with Gasteiger partial charge in [0.1, 0.15) is 6.04 Å². The monoisotopic (exact) mass is 499 g/mol. The first kappa shape index (κ1) is 29.1.